The minimum absolute atomic E-state index is 0.0462. The second-order valence-corrected chi connectivity index (χ2v) is 2.07. The second kappa shape index (κ2) is 3.01. The quantitative estimate of drug-likeness (QED) is 0.627. The van der Waals surface area contributed by atoms with Crippen molar-refractivity contribution in [3.63, 3.8) is 0 Å². The van der Waals surface area contributed by atoms with Crippen LogP contribution in [-0.2, 0) is 11.2 Å². The molecule has 0 aliphatic rings. The Morgan fingerprint density at radius 3 is 3.00 bits per heavy atom. The highest BCUT2D eigenvalue weighted by Gasteiger charge is 2.06. The summed E-state index contributed by atoms with van der Waals surface area (Å²) >= 11 is 0. The highest BCUT2D eigenvalue weighted by Crippen LogP contribution is 2.07. The summed E-state index contributed by atoms with van der Waals surface area (Å²) in [6, 6.07) is 1.55. The molecule has 1 amide bonds. The smallest absolute Gasteiger partial charge is 0.221 e. The Morgan fingerprint density at radius 1 is 1.73 bits per heavy atom. The first kappa shape index (κ1) is 7.53. The van der Waals surface area contributed by atoms with Gasteiger partial charge in [-0.25, -0.2) is 0 Å². The lowest BCUT2D eigenvalue weighted by Crippen LogP contribution is -2.13. The summed E-state index contributed by atoms with van der Waals surface area (Å²) in [6.07, 6.45) is 1.95. The molecule has 4 heteroatoms. The van der Waals surface area contributed by atoms with Gasteiger partial charge in [-0.3, -0.25) is 9.59 Å². The van der Waals surface area contributed by atoms with Crippen molar-refractivity contribution in [1.29, 1.82) is 0 Å². The largest absolute Gasteiger partial charge is 0.461 e. The van der Waals surface area contributed by atoms with E-state index in [1.807, 2.05) is 0 Å². The van der Waals surface area contributed by atoms with Crippen LogP contribution in [0.25, 0.3) is 0 Å². The molecule has 0 aliphatic heterocycles. The fraction of sp³-hybridized carbons (Fsp3) is 0.143. The number of nitrogens with two attached hydrogens (primary N) is 1. The van der Waals surface area contributed by atoms with E-state index in [2.05, 4.69) is 0 Å². The molecule has 1 aromatic rings. The van der Waals surface area contributed by atoms with E-state index in [4.69, 9.17) is 10.2 Å². The Morgan fingerprint density at radius 2 is 2.45 bits per heavy atom. The normalized spacial score (nSPS) is 9.45. The Kier molecular flexibility index (Phi) is 2.06. The average Bonchev–Trinajstić information content (AvgIpc) is 2.34. The molecule has 0 aromatic carbocycles. The number of carbonyl (C=O) groups is 2. The van der Waals surface area contributed by atoms with Gasteiger partial charge in [0.25, 0.3) is 0 Å². The Bertz CT molecular complexity index is 277. The highest BCUT2D eigenvalue weighted by atomic mass is 16.3. The van der Waals surface area contributed by atoms with Crippen LogP contribution in [-0.4, -0.2) is 12.2 Å². The third-order valence-corrected chi connectivity index (χ3v) is 1.25. The van der Waals surface area contributed by atoms with Crippen molar-refractivity contribution in [2.45, 2.75) is 6.42 Å². The summed E-state index contributed by atoms with van der Waals surface area (Å²) in [5.41, 5.74) is 5.45. The lowest BCUT2D eigenvalue weighted by atomic mass is 10.2. The lowest BCUT2D eigenvalue weighted by molar-refractivity contribution is -0.117. The van der Waals surface area contributed by atoms with E-state index in [1.54, 1.807) is 6.07 Å². The molecule has 0 saturated carbocycles. The van der Waals surface area contributed by atoms with Crippen LogP contribution in [0.15, 0.2) is 16.7 Å². The Labute approximate surface area is 63.0 Å². The van der Waals surface area contributed by atoms with Crippen molar-refractivity contribution in [1.82, 2.24) is 0 Å². The summed E-state index contributed by atoms with van der Waals surface area (Å²) in [7, 11) is 0. The van der Waals surface area contributed by atoms with Crippen LogP contribution in [0.1, 0.15) is 16.1 Å². The molecule has 0 spiro atoms. The topological polar surface area (TPSA) is 73.3 Å². The predicted octanol–water partition coefficient (Wildman–Crippen LogP) is 0.120. The van der Waals surface area contributed by atoms with E-state index in [-0.39, 0.29) is 12.2 Å². The fourth-order valence-electron chi connectivity index (χ4n) is 0.784. The van der Waals surface area contributed by atoms with E-state index in [0.717, 1.165) is 0 Å². The molecular weight excluding hydrogens is 146 g/mol. The van der Waals surface area contributed by atoms with Gasteiger partial charge in [-0.2, -0.15) is 0 Å². The van der Waals surface area contributed by atoms with Gasteiger partial charge in [0.1, 0.15) is 0 Å². The van der Waals surface area contributed by atoms with Crippen molar-refractivity contribution in [2.75, 3.05) is 0 Å². The van der Waals surface area contributed by atoms with Gasteiger partial charge in [-0.1, -0.05) is 0 Å². The maximum Gasteiger partial charge on any atom is 0.221 e. The van der Waals surface area contributed by atoms with Crippen LogP contribution >= 0.6 is 0 Å². The van der Waals surface area contributed by atoms with Crippen LogP contribution in [0.3, 0.4) is 0 Å². The van der Waals surface area contributed by atoms with Crippen LogP contribution in [0.4, 0.5) is 0 Å². The van der Waals surface area contributed by atoms with E-state index in [1.165, 1.54) is 6.26 Å². The van der Waals surface area contributed by atoms with Gasteiger partial charge >= 0.3 is 0 Å². The first-order valence-corrected chi connectivity index (χ1v) is 3.04. The van der Waals surface area contributed by atoms with Crippen LogP contribution in [0, 0.1) is 0 Å². The Hall–Kier alpha value is -1.58. The van der Waals surface area contributed by atoms with Gasteiger partial charge in [0.05, 0.1) is 12.7 Å². The molecule has 0 saturated heterocycles. The van der Waals surface area contributed by atoms with E-state index < -0.39 is 5.91 Å². The van der Waals surface area contributed by atoms with Gasteiger partial charge in [-0.05, 0) is 6.07 Å². The molecule has 0 bridgehead atoms. The summed E-state index contributed by atoms with van der Waals surface area (Å²) in [5, 5.41) is 0. The molecule has 0 radical (unpaired) electrons. The van der Waals surface area contributed by atoms with Crippen molar-refractivity contribution in [2.24, 2.45) is 5.73 Å². The molecule has 1 rings (SSSR count). The van der Waals surface area contributed by atoms with Crippen LogP contribution in [0.5, 0.6) is 0 Å². The molecule has 4 nitrogen and oxygen atoms in total. The number of hydrogen-bond donors (Lipinski definition) is 1. The molecule has 0 atom stereocenters. The number of primary amides is 1. The third-order valence-electron chi connectivity index (χ3n) is 1.25. The van der Waals surface area contributed by atoms with Crippen LogP contribution < -0.4 is 5.73 Å². The molecule has 0 fully saturated rings. The summed E-state index contributed by atoms with van der Waals surface area (Å²) < 4.78 is 4.74. The van der Waals surface area contributed by atoms with Crippen molar-refractivity contribution < 1.29 is 14.0 Å². The predicted molar refractivity (Wildman–Crippen MR) is 37.0 cm³/mol. The van der Waals surface area contributed by atoms with Crippen molar-refractivity contribution >= 4 is 12.2 Å². The molecule has 11 heavy (non-hydrogen) atoms. The standard InChI is InChI=1S/C7H7NO3/c8-7(10)3-5-1-2-11-6(5)4-9/h1-2,4H,3H2,(H2,8,10). The Balaban J connectivity index is 2.84. The molecule has 0 unspecified atom stereocenters. The number of carbonyl (C=O) groups excluding carboxylic acids is 2. The molecule has 2 N–H and O–H groups in total. The monoisotopic (exact) mass is 153 g/mol. The lowest BCUT2D eigenvalue weighted by Gasteiger charge is -1.90. The van der Waals surface area contributed by atoms with Crippen molar-refractivity contribution in [3.8, 4) is 0 Å². The summed E-state index contributed by atoms with van der Waals surface area (Å²) in [6.45, 7) is 0. The van der Waals surface area contributed by atoms with Crippen LogP contribution in [0.2, 0.25) is 0 Å². The SMILES string of the molecule is NC(=O)Cc1ccoc1C=O. The van der Waals surface area contributed by atoms with Gasteiger partial charge in [0.2, 0.25) is 5.91 Å². The van der Waals surface area contributed by atoms with E-state index in [0.29, 0.717) is 11.8 Å². The first-order valence-electron chi connectivity index (χ1n) is 3.04. The number of furan rings is 1. The first-order chi connectivity index (χ1) is 5.24. The number of hydrogen-bond acceptors (Lipinski definition) is 3. The van der Waals surface area contributed by atoms with E-state index >= 15 is 0 Å². The number of rotatable bonds is 3. The molecule has 1 aromatic heterocycles. The molecule has 58 valence electrons. The minimum atomic E-state index is -0.477. The number of aldehydes is 1. The van der Waals surface area contributed by atoms with Gasteiger partial charge < -0.3 is 10.2 Å². The maximum absolute atomic E-state index is 10.4. The van der Waals surface area contributed by atoms with E-state index in [9.17, 15) is 9.59 Å². The number of amides is 1. The molecule has 0 aliphatic carbocycles. The van der Waals surface area contributed by atoms with Gasteiger partial charge in [-0.15, -0.1) is 0 Å². The zero-order valence-corrected chi connectivity index (χ0v) is 5.74. The van der Waals surface area contributed by atoms with Crippen molar-refractivity contribution in [3.05, 3.63) is 23.7 Å². The molecule has 1 heterocycles. The second-order valence-electron chi connectivity index (χ2n) is 2.07. The summed E-state index contributed by atoms with van der Waals surface area (Å²) in [4.78, 5) is 20.6. The minimum Gasteiger partial charge on any atom is -0.461 e. The highest BCUT2D eigenvalue weighted by molar-refractivity contribution is 5.81. The zero-order chi connectivity index (χ0) is 8.27. The fourth-order valence-corrected chi connectivity index (χ4v) is 0.784. The van der Waals surface area contributed by atoms with Gasteiger partial charge in [0.15, 0.2) is 12.0 Å². The summed E-state index contributed by atoms with van der Waals surface area (Å²) in [5.74, 6) is -0.307. The molecular formula is C7H7NO3. The van der Waals surface area contributed by atoms with Gasteiger partial charge in [0, 0.05) is 5.56 Å². The zero-order valence-electron chi connectivity index (χ0n) is 5.74. The third kappa shape index (κ3) is 1.67. The maximum atomic E-state index is 10.4. The average molecular weight is 153 g/mol.